The monoisotopic (exact) mass is 791 g/mol. The van der Waals surface area contributed by atoms with Gasteiger partial charge in [0.1, 0.15) is 11.5 Å². The molecule has 0 bridgehead atoms. The fourth-order valence-corrected chi connectivity index (χ4v) is 7.73. The van der Waals surface area contributed by atoms with Gasteiger partial charge in [0.15, 0.2) is 0 Å². The number of hydrogen-bond donors (Lipinski definition) is 2. The van der Waals surface area contributed by atoms with E-state index >= 15 is 0 Å². The van der Waals surface area contributed by atoms with Crippen LogP contribution in [0.25, 0.3) is 55.0 Å². The van der Waals surface area contributed by atoms with Crippen LogP contribution >= 0.6 is 18.6 Å². The van der Waals surface area contributed by atoms with E-state index in [0.29, 0.717) is 26.2 Å². The fraction of sp³-hybridized carbons (Fsp3) is 0.200. The SMILES string of the molecule is Cc1cc(CN(CCOC(C)C)Cc2cc(C)cc(-n3c4ccccc4c4ccccc43)c2O)c(O)c(-n2c3ccccc3c3ccccc32)c1.[Cl][Ti][Cl]. The van der Waals surface area contributed by atoms with Crippen molar-refractivity contribution in [1.29, 1.82) is 0 Å². The van der Waals surface area contributed by atoms with Crippen LogP contribution in [0.15, 0.2) is 121 Å². The molecule has 0 saturated heterocycles. The molecule has 0 unspecified atom stereocenters. The summed E-state index contributed by atoms with van der Waals surface area (Å²) in [7, 11) is 9.78. The molecule has 54 heavy (non-hydrogen) atoms. The Kier molecular flexibility index (Phi) is 11.7. The van der Waals surface area contributed by atoms with Crippen molar-refractivity contribution in [3.05, 3.63) is 144 Å². The maximum atomic E-state index is 12.1. The number of ether oxygens (including phenoxy) is 1. The van der Waals surface area contributed by atoms with Crippen LogP contribution < -0.4 is 0 Å². The van der Waals surface area contributed by atoms with Gasteiger partial charge in [0.2, 0.25) is 0 Å². The summed E-state index contributed by atoms with van der Waals surface area (Å²) in [5, 5.41) is 28.7. The summed E-state index contributed by atoms with van der Waals surface area (Å²) in [5.41, 5.74) is 9.49. The number of rotatable bonds is 10. The molecule has 0 atom stereocenters. The molecule has 0 spiro atoms. The van der Waals surface area contributed by atoms with Gasteiger partial charge in [-0.2, -0.15) is 0 Å². The molecule has 8 rings (SSSR count). The van der Waals surface area contributed by atoms with E-state index in [1.807, 2.05) is 38.1 Å². The van der Waals surface area contributed by atoms with E-state index in [-0.39, 0.29) is 17.6 Å². The summed E-state index contributed by atoms with van der Waals surface area (Å²) < 4.78 is 10.4. The van der Waals surface area contributed by atoms with Gasteiger partial charge in [-0.1, -0.05) is 84.9 Å². The van der Waals surface area contributed by atoms with Crippen molar-refractivity contribution in [3.63, 3.8) is 0 Å². The predicted octanol–water partition coefficient (Wildman–Crippen LogP) is 11.7. The number of aromatic nitrogens is 2. The molecule has 8 aromatic rings. The zero-order valence-corrected chi connectivity index (χ0v) is 33.9. The van der Waals surface area contributed by atoms with Crippen molar-refractivity contribution in [2.75, 3.05) is 13.2 Å². The second-order valence-electron chi connectivity index (χ2n) is 14.0. The topological polar surface area (TPSA) is 62.8 Å². The number of fused-ring (bicyclic) bond motifs is 6. The van der Waals surface area contributed by atoms with Gasteiger partial charge in [0.25, 0.3) is 0 Å². The maximum absolute atomic E-state index is 12.1. The predicted molar refractivity (Wildman–Crippen MR) is 221 cm³/mol. The van der Waals surface area contributed by atoms with Gasteiger partial charge in [-0.3, -0.25) is 4.90 Å². The van der Waals surface area contributed by atoms with Crippen molar-refractivity contribution in [2.45, 2.75) is 46.9 Å². The van der Waals surface area contributed by atoms with E-state index in [1.54, 1.807) is 0 Å². The second kappa shape index (κ2) is 16.6. The molecule has 2 aromatic heterocycles. The number of phenolic OH excluding ortho intramolecular Hbond substituents is 2. The Balaban J connectivity index is 0.00000145. The molecular formula is C45H43Cl2N3O3Ti. The van der Waals surface area contributed by atoms with Crippen LogP contribution in [0.3, 0.4) is 0 Å². The van der Waals surface area contributed by atoms with Gasteiger partial charge in [-0.25, -0.2) is 0 Å². The van der Waals surface area contributed by atoms with Crippen LogP contribution in [-0.2, 0) is 34.9 Å². The number of para-hydroxylation sites is 4. The minimum atomic E-state index is -0.556. The van der Waals surface area contributed by atoms with Gasteiger partial charge in [0.05, 0.1) is 46.2 Å². The average Bonchev–Trinajstić information content (AvgIpc) is 3.67. The number of nitrogens with zero attached hydrogens (tertiary/aromatic N) is 3. The van der Waals surface area contributed by atoms with Crippen LogP contribution in [0.4, 0.5) is 0 Å². The van der Waals surface area contributed by atoms with E-state index in [4.69, 9.17) is 23.3 Å². The van der Waals surface area contributed by atoms with E-state index in [9.17, 15) is 10.2 Å². The van der Waals surface area contributed by atoms with Gasteiger partial charge >= 0.3 is 35.6 Å². The third-order valence-electron chi connectivity index (χ3n) is 9.91. The first-order valence-electron chi connectivity index (χ1n) is 18.1. The number of phenols is 2. The number of aromatic hydroxyl groups is 2. The molecule has 0 amide bonds. The molecule has 0 radical (unpaired) electrons. The number of aryl methyl sites for hydroxylation is 2. The van der Waals surface area contributed by atoms with E-state index < -0.39 is 17.0 Å². The molecule has 0 aliphatic carbocycles. The molecule has 9 heteroatoms. The van der Waals surface area contributed by atoms with Crippen molar-refractivity contribution in [1.82, 2.24) is 14.0 Å². The number of halogens is 2. The van der Waals surface area contributed by atoms with Crippen molar-refractivity contribution < 1.29 is 32.0 Å². The second-order valence-corrected chi connectivity index (χ2v) is 16.6. The van der Waals surface area contributed by atoms with Gasteiger partial charge in [-0.15, -0.1) is 0 Å². The van der Waals surface area contributed by atoms with Gasteiger partial charge in [-0.05, 0) is 75.2 Å². The zero-order chi connectivity index (χ0) is 37.9. The van der Waals surface area contributed by atoms with Crippen molar-refractivity contribution in [2.24, 2.45) is 0 Å². The Hall–Kier alpha value is -4.27. The number of hydrogen-bond acceptors (Lipinski definition) is 4. The van der Waals surface area contributed by atoms with Gasteiger partial charge < -0.3 is 24.1 Å². The summed E-state index contributed by atoms with van der Waals surface area (Å²) in [6.07, 6.45) is 0.0930. The Morgan fingerprint density at radius 1 is 0.593 bits per heavy atom. The quantitative estimate of drug-likeness (QED) is 0.135. The molecule has 274 valence electrons. The summed E-state index contributed by atoms with van der Waals surface area (Å²) in [6, 6.07) is 41.7. The van der Waals surface area contributed by atoms with Crippen LogP contribution in [0, 0.1) is 13.8 Å². The number of benzene rings is 6. The Morgan fingerprint density at radius 3 is 1.26 bits per heavy atom. The molecule has 0 aliphatic heterocycles. The Labute approximate surface area is 332 Å². The standard InChI is InChI=1S/C45H43N3O3.2ClH.Ti/c1-29(2)51-22-21-46(27-32-23-30(3)25-42(44(32)49)47-38-17-9-5-13-34(38)35-14-6-10-18-39(35)47)28-33-24-31(4)26-43(45(33)50)48-40-19-11-7-15-36(40)37-16-8-12-20-41(37)48;;;/h5-20,23-26,29,49-50H,21-22,27-28H2,1-4H3;2*1H;/q;;;+2/p-2. The van der Waals surface area contributed by atoms with Crippen LogP contribution in [0.2, 0.25) is 0 Å². The fourth-order valence-electron chi connectivity index (χ4n) is 7.73. The third kappa shape index (κ3) is 7.52. The minimum absolute atomic E-state index is 0.0930. The molecular weight excluding hydrogens is 749 g/mol. The Morgan fingerprint density at radius 2 is 0.926 bits per heavy atom. The van der Waals surface area contributed by atoms with Crippen LogP contribution in [-0.4, -0.2) is 43.5 Å². The van der Waals surface area contributed by atoms with Crippen LogP contribution in [0.1, 0.15) is 36.1 Å². The van der Waals surface area contributed by atoms with E-state index in [0.717, 1.165) is 77.2 Å². The summed E-state index contributed by atoms with van der Waals surface area (Å²) in [4.78, 5) is 2.26. The summed E-state index contributed by atoms with van der Waals surface area (Å²) in [6.45, 7) is 10.3. The van der Waals surface area contributed by atoms with E-state index in [2.05, 4.69) is 125 Å². The average molecular weight is 793 g/mol. The molecule has 0 fully saturated rings. The van der Waals surface area contributed by atoms with Gasteiger partial charge in [0, 0.05) is 52.3 Å². The molecule has 0 aliphatic rings. The molecule has 6 nitrogen and oxygen atoms in total. The van der Waals surface area contributed by atoms with Crippen molar-refractivity contribution >= 4 is 62.2 Å². The van der Waals surface area contributed by atoms with Crippen LogP contribution in [0.5, 0.6) is 11.5 Å². The molecule has 2 N–H and O–H groups in total. The first kappa shape index (κ1) is 38.0. The van der Waals surface area contributed by atoms with Crippen molar-refractivity contribution in [3.8, 4) is 22.9 Å². The first-order valence-corrected chi connectivity index (χ1v) is 22.4. The zero-order valence-electron chi connectivity index (χ0n) is 30.9. The molecule has 6 aromatic carbocycles. The normalized spacial score (nSPS) is 11.6. The molecule has 2 heterocycles. The molecule has 0 saturated carbocycles. The summed E-state index contributed by atoms with van der Waals surface area (Å²) >= 11 is -0.556. The Bertz CT molecular complexity index is 2320. The summed E-state index contributed by atoms with van der Waals surface area (Å²) in [5.74, 6) is 0.502. The first-order chi connectivity index (χ1) is 26.2. The third-order valence-corrected chi connectivity index (χ3v) is 9.91. The van der Waals surface area contributed by atoms with E-state index in [1.165, 1.54) is 0 Å².